The van der Waals surface area contributed by atoms with Crippen molar-refractivity contribution in [2.45, 2.75) is 25.3 Å². The van der Waals surface area contributed by atoms with Gasteiger partial charge in [0.15, 0.2) is 0 Å². The zero-order valence-electron chi connectivity index (χ0n) is 8.78. The molecule has 3 nitrogen and oxygen atoms in total. The molecule has 4 heteroatoms. The maximum Gasteiger partial charge on any atom is 0.223 e. The number of halogens is 1. The van der Waals surface area contributed by atoms with E-state index in [-0.39, 0.29) is 0 Å². The molecule has 0 saturated heterocycles. The summed E-state index contributed by atoms with van der Waals surface area (Å²) in [7, 11) is 0. The zero-order chi connectivity index (χ0) is 11.0. The van der Waals surface area contributed by atoms with Gasteiger partial charge in [-0.2, -0.15) is 0 Å². The average molecular weight is 278 g/mol. The predicted molar refractivity (Wildman–Crippen MR) is 68.5 cm³/mol. The van der Waals surface area contributed by atoms with Crippen LogP contribution in [0.5, 0.6) is 0 Å². The van der Waals surface area contributed by atoms with Crippen LogP contribution in [-0.2, 0) is 0 Å². The molecule has 1 fully saturated rings. The summed E-state index contributed by atoms with van der Waals surface area (Å²) in [4.78, 5) is 8.84. The molecule has 0 unspecified atom stereocenters. The standard InChI is InChI=1S/C12H12BrN3/c13-10-5-2-6-11-9(10)7-14-12(16-11)15-8-3-1-4-8/h2,5-8H,1,3-4H2,(H,14,15,16). The Bertz CT molecular complexity index is 523. The molecule has 0 aliphatic heterocycles. The predicted octanol–water partition coefficient (Wildman–Crippen LogP) is 3.36. The van der Waals surface area contributed by atoms with Crippen molar-refractivity contribution >= 4 is 32.8 Å². The molecule has 2 aromatic rings. The van der Waals surface area contributed by atoms with Gasteiger partial charge in [-0.1, -0.05) is 22.0 Å². The minimum atomic E-state index is 0.574. The molecule has 0 spiro atoms. The topological polar surface area (TPSA) is 37.8 Å². The van der Waals surface area contributed by atoms with Crippen molar-refractivity contribution < 1.29 is 0 Å². The third kappa shape index (κ3) is 1.78. The second-order valence-corrected chi connectivity index (χ2v) is 4.99. The number of hydrogen-bond donors (Lipinski definition) is 1. The first-order valence-corrected chi connectivity index (χ1v) is 6.30. The van der Waals surface area contributed by atoms with Crippen LogP contribution in [-0.4, -0.2) is 16.0 Å². The van der Waals surface area contributed by atoms with E-state index in [9.17, 15) is 0 Å². The van der Waals surface area contributed by atoms with E-state index in [1.165, 1.54) is 19.3 Å². The Morgan fingerprint density at radius 3 is 2.94 bits per heavy atom. The van der Waals surface area contributed by atoms with E-state index < -0.39 is 0 Å². The fraction of sp³-hybridized carbons (Fsp3) is 0.333. The van der Waals surface area contributed by atoms with E-state index in [1.54, 1.807) is 0 Å². The minimum absolute atomic E-state index is 0.574. The number of nitrogens with zero attached hydrogens (tertiary/aromatic N) is 2. The summed E-state index contributed by atoms with van der Waals surface area (Å²) < 4.78 is 1.04. The van der Waals surface area contributed by atoms with E-state index in [1.807, 2.05) is 24.4 Å². The molecule has 0 bridgehead atoms. The quantitative estimate of drug-likeness (QED) is 0.915. The lowest BCUT2D eigenvalue weighted by atomic mass is 9.93. The lowest BCUT2D eigenvalue weighted by molar-refractivity contribution is 0.443. The molecular weight excluding hydrogens is 266 g/mol. The highest BCUT2D eigenvalue weighted by atomic mass is 79.9. The number of nitrogens with one attached hydrogen (secondary N) is 1. The monoisotopic (exact) mass is 277 g/mol. The van der Waals surface area contributed by atoms with E-state index in [2.05, 4.69) is 31.2 Å². The molecule has 0 radical (unpaired) electrons. The summed E-state index contributed by atoms with van der Waals surface area (Å²) in [5.74, 6) is 0.746. The van der Waals surface area contributed by atoms with Gasteiger partial charge in [0.2, 0.25) is 5.95 Å². The van der Waals surface area contributed by atoms with Gasteiger partial charge in [0, 0.05) is 22.1 Å². The molecule has 1 aromatic heterocycles. The molecule has 82 valence electrons. The second-order valence-electron chi connectivity index (χ2n) is 4.14. The lowest BCUT2D eigenvalue weighted by Crippen LogP contribution is -2.27. The van der Waals surface area contributed by atoms with Gasteiger partial charge in [-0.25, -0.2) is 9.97 Å². The van der Waals surface area contributed by atoms with Gasteiger partial charge >= 0.3 is 0 Å². The van der Waals surface area contributed by atoms with Gasteiger partial charge in [0.25, 0.3) is 0 Å². The van der Waals surface area contributed by atoms with Crippen molar-refractivity contribution in [2.24, 2.45) is 0 Å². The minimum Gasteiger partial charge on any atom is -0.351 e. The molecule has 16 heavy (non-hydrogen) atoms. The van der Waals surface area contributed by atoms with Crippen molar-refractivity contribution in [1.29, 1.82) is 0 Å². The molecule has 1 aromatic carbocycles. The summed E-state index contributed by atoms with van der Waals surface area (Å²) in [5, 5.41) is 4.41. The number of rotatable bonds is 2. The van der Waals surface area contributed by atoms with Gasteiger partial charge in [0.1, 0.15) is 0 Å². The Hall–Kier alpha value is -1.16. The van der Waals surface area contributed by atoms with Crippen LogP contribution in [0.3, 0.4) is 0 Å². The molecular formula is C12H12BrN3. The first kappa shape index (κ1) is 10.0. The Morgan fingerprint density at radius 1 is 1.31 bits per heavy atom. The first-order valence-electron chi connectivity index (χ1n) is 5.51. The van der Waals surface area contributed by atoms with Crippen LogP contribution in [0, 0.1) is 0 Å². The van der Waals surface area contributed by atoms with E-state index in [4.69, 9.17) is 0 Å². The fourth-order valence-corrected chi connectivity index (χ4v) is 2.28. The second kappa shape index (κ2) is 4.01. The van der Waals surface area contributed by atoms with Crippen molar-refractivity contribution in [2.75, 3.05) is 5.32 Å². The highest BCUT2D eigenvalue weighted by Gasteiger charge is 2.17. The van der Waals surface area contributed by atoms with Crippen molar-refractivity contribution in [3.05, 3.63) is 28.9 Å². The molecule has 0 amide bonds. The van der Waals surface area contributed by atoms with E-state index >= 15 is 0 Å². The average Bonchev–Trinajstić information content (AvgIpc) is 2.24. The van der Waals surface area contributed by atoms with Crippen LogP contribution in [0.15, 0.2) is 28.9 Å². The van der Waals surface area contributed by atoms with Crippen LogP contribution in [0.1, 0.15) is 19.3 Å². The number of anilines is 1. The summed E-state index contributed by atoms with van der Waals surface area (Å²) in [6, 6.07) is 6.58. The van der Waals surface area contributed by atoms with E-state index in [0.29, 0.717) is 6.04 Å². The maximum atomic E-state index is 4.51. The van der Waals surface area contributed by atoms with Crippen LogP contribution in [0.4, 0.5) is 5.95 Å². The lowest BCUT2D eigenvalue weighted by Gasteiger charge is -2.26. The van der Waals surface area contributed by atoms with Gasteiger partial charge in [-0.05, 0) is 31.4 Å². The van der Waals surface area contributed by atoms with Crippen LogP contribution < -0.4 is 5.32 Å². The Morgan fingerprint density at radius 2 is 2.19 bits per heavy atom. The first-order chi connectivity index (χ1) is 7.83. The van der Waals surface area contributed by atoms with Crippen molar-refractivity contribution in [3.63, 3.8) is 0 Å². The number of aromatic nitrogens is 2. The Balaban J connectivity index is 1.95. The number of hydrogen-bond acceptors (Lipinski definition) is 3. The summed E-state index contributed by atoms with van der Waals surface area (Å²) >= 11 is 3.50. The van der Waals surface area contributed by atoms with Gasteiger partial charge in [0.05, 0.1) is 5.52 Å². The van der Waals surface area contributed by atoms with Crippen LogP contribution in [0.25, 0.3) is 10.9 Å². The zero-order valence-corrected chi connectivity index (χ0v) is 10.4. The third-order valence-corrected chi connectivity index (χ3v) is 3.70. The molecule has 3 rings (SSSR count). The smallest absolute Gasteiger partial charge is 0.223 e. The third-order valence-electron chi connectivity index (χ3n) is 3.01. The summed E-state index contributed by atoms with van der Waals surface area (Å²) in [5.41, 5.74) is 0.978. The molecule has 1 N–H and O–H groups in total. The SMILES string of the molecule is Brc1cccc2nc(NC3CCC3)ncc12. The molecule has 1 heterocycles. The van der Waals surface area contributed by atoms with Gasteiger partial charge in [-0.15, -0.1) is 0 Å². The van der Waals surface area contributed by atoms with Gasteiger partial charge in [-0.3, -0.25) is 0 Å². The highest BCUT2D eigenvalue weighted by molar-refractivity contribution is 9.10. The summed E-state index contributed by atoms with van der Waals surface area (Å²) in [6.07, 6.45) is 5.66. The largest absolute Gasteiger partial charge is 0.351 e. The summed E-state index contributed by atoms with van der Waals surface area (Å²) in [6.45, 7) is 0. The maximum absolute atomic E-state index is 4.51. The normalized spacial score (nSPS) is 16.1. The molecule has 1 aliphatic carbocycles. The highest BCUT2D eigenvalue weighted by Crippen LogP contribution is 2.24. The van der Waals surface area contributed by atoms with Crippen molar-refractivity contribution in [3.8, 4) is 0 Å². The Labute approximate surface area is 102 Å². The molecule has 1 saturated carbocycles. The number of fused-ring (bicyclic) bond motifs is 1. The van der Waals surface area contributed by atoms with Crippen molar-refractivity contribution in [1.82, 2.24) is 9.97 Å². The van der Waals surface area contributed by atoms with Crippen LogP contribution in [0.2, 0.25) is 0 Å². The number of benzene rings is 1. The van der Waals surface area contributed by atoms with Gasteiger partial charge < -0.3 is 5.32 Å². The van der Waals surface area contributed by atoms with Crippen LogP contribution >= 0.6 is 15.9 Å². The van der Waals surface area contributed by atoms with E-state index in [0.717, 1.165) is 21.3 Å². The molecule has 1 aliphatic rings. The molecule has 0 atom stereocenters. The Kier molecular flexibility index (Phi) is 2.52. The fourth-order valence-electron chi connectivity index (χ4n) is 1.82.